The number of fused-ring (bicyclic) bond motifs is 5. The Hall–Kier alpha value is -2.81. The lowest BCUT2D eigenvalue weighted by molar-refractivity contribution is -0.186. The van der Waals surface area contributed by atoms with Crippen LogP contribution < -0.4 is 4.90 Å². The monoisotopic (exact) mass is 590 g/mol. The van der Waals surface area contributed by atoms with Crippen LogP contribution in [-0.4, -0.2) is 84.2 Å². The molecule has 6 rings (SSSR count). The second kappa shape index (κ2) is 11.0. The predicted molar refractivity (Wildman–Crippen MR) is 163 cm³/mol. The highest BCUT2D eigenvalue weighted by Crippen LogP contribution is 2.68. The van der Waals surface area contributed by atoms with Crippen LogP contribution in [0.15, 0.2) is 48.1 Å². The third kappa shape index (κ3) is 4.90. The van der Waals surface area contributed by atoms with Crippen molar-refractivity contribution in [3.63, 3.8) is 0 Å². The van der Waals surface area contributed by atoms with E-state index in [4.69, 9.17) is 4.74 Å². The van der Waals surface area contributed by atoms with Gasteiger partial charge in [-0.2, -0.15) is 0 Å². The minimum atomic E-state index is -1.70. The van der Waals surface area contributed by atoms with Crippen LogP contribution in [0.4, 0.5) is 5.69 Å². The van der Waals surface area contributed by atoms with Crippen molar-refractivity contribution in [2.45, 2.75) is 64.6 Å². The summed E-state index contributed by atoms with van der Waals surface area (Å²) in [5.74, 6) is -1.28. The van der Waals surface area contributed by atoms with E-state index in [9.17, 15) is 24.6 Å². The summed E-state index contributed by atoms with van der Waals surface area (Å²) >= 11 is 0. The first-order chi connectivity index (χ1) is 20.4. The van der Waals surface area contributed by atoms with Gasteiger partial charge in [0.05, 0.1) is 12.5 Å². The van der Waals surface area contributed by atoms with E-state index >= 15 is 0 Å². The lowest BCUT2D eigenvalue weighted by Gasteiger charge is -2.59. The van der Waals surface area contributed by atoms with Gasteiger partial charge < -0.3 is 24.7 Å². The lowest BCUT2D eigenvalue weighted by Crippen LogP contribution is -2.62. The van der Waals surface area contributed by atoms with Crippen LogP contribution in [0.1, 0.15) is 52.0 Å². The molecule has 232 valence electrons. The molecule has 4 fully saturated rings. The van der Waals surface area contributed by atoms with Crippen molar-refractivity contribution in [3.05, 3.63) is 53.6 Å². The number of hydrogen-bond acceptors (Lipinski definition) is 8. The van der Waals surface area contributed by atoms with Crippen LogP contribution in [0.3, 0.4) is 0 Å². The van der Waals surface area contributed by atoms with E-state index in [1.807, 2.05) is 44.2 Å². The highest BCUT2D eigenvalue weighted by Gasteiger charge is 2.70. The van der Waals surface area contributed by atoms with Gasteiger partial charge in [0.2, 0.25) is 5.78 Å². The molecule has 8 atom stereocenters. The number of ether oxygens (including phenoxy) is 1. The van der Waals surface area contributed by atoms with Gasteiger partial charge >= 0.3 is 5.97 Å². The number of anilines is 1. The minimum Gasteiger partial charge on any atom is -0.457 e. The van der Waals surface area contributed by atoms with Crippen molar-refractivity contribution in [3.8, 4) is 0 Å². The number of carbonyl (C=O) groups excluding carboxylic acids is 3. The zero-order valence-corrected chi connectivity index (χ0v) is 25.9. The van der Waals surface area contributed by atoms with Crippen LogP contribution in [0.25, 0.3) is 0 Å². The van der Waals surface area contributed by atoms with Crippen LogP contribution in [0, 0.1) is 34.5 Å². The van der Waals surface area contributed by atoms with Crippen molar-refractivity contribution >= 4 is 23.2 Å². The summed E-state index contributed by atoms with van der Waals surface area (Å²) in [6, 6.07) is 7.90. The predicted octanol–water partition coefficient (Wildman–Crippen LogP) is 3.35. The van der Waals surface area contributed by atoms with Gasteiger partial charge in [-0.3, -0.25) is 14.4 Å². The second-order valence-electron chi connectivity index (χ2n) is 14.3. The Morgan fingerprint density at radius 2 is 1.79 bits per heavy atom. The van der Waals surface area contributed by atoms with E-state index in [0.29, 0.717) is 6.42 Å². The molecule has 1 aromatic carbocycles. The number of aliphatic hydroxyl groups excluding tert-OH is 1. The molecule has 2 N–H and O–H groups in total. The number of Topliss-reactive ketones (excluding diaryl/α,β-unsaturated/α-hetero) is 1. The highest BCUT2D eigenvalue weighted by molar-refractivity contribution is 6.01. The zero-order valence-electron chi connectivity index (χ0n) is 25.9. The van der Waals surface area contributed by atoms with Crippen LogP contribution in [-0.2, 0) is 25.5 Å². The van der Waals surface area contributed by atoms with Crippen LogP contribution in [0.2, 0.25) is 0 Å². The molecule has 1 aliphatic heterocycles. The highest BCUT2D eigenvalue weighted by atomic mass is 16.5. The number of allylic oxidation sites excluding steroid dienone is 4. The molecule has 0 amide bonds. The van der Waals surface area contributed by atoms with Crippen molar-refractivity contribution in [2.75, 3.05) is 44.7 Å². The number of benzene rings is 1. The molecule has 1 aromatic rings. The molecular weight excluding hydrogens is 544 g/mol. The number of piperazine rings is 1. The Morgan fingerprint density at radius 3 is 2.49 bits per heavy atom. The smallest absolute Gasteiger partial charge is 0.310 e. The van der Waals surface area contributed by atoms with E-state index < -0.39 is 40.9 Å². The fourth-order valence-electron chi connectivity index (χ4n) is 9.62. The summed E-state index contributed by atoms with van der Waals surface area (Å²) in [6.45, 7) is 9.44. The molecule has 3 saturated carbocycles. The third-order valence-electron chi connectivity index (χ3n) is 12.0. The number of likely N-dealkylation sites (N-methyl/N-ethyl adjacent to an activating group) is 1. The molecule has 6 unspecified atom stereocenters. The van der Waals surface area contributed by atoms with Gasteiger partial charge in [0, 0.05) is 48.6 Å². The van der Waals surface area contributed by atoms with Gasteiger partial charge in [-0.25, -0.2) is 0 Å². The average Bonchev–Trinajstić information content (AvgIpc) is 3.18. The topological polar surface area (TPSA) is 107 Å². The minimum absolute atomic E-state index is 0.00672. The summed E-state index contributed by atoms with van der Waals surface area (Å²) in [6.07, 6.45) is 7.13. The molecule has 43 heavy (non-hydrogen) atoms. The molecule has 1 saturated heterocycles. The van der Waals surface area contributed by atoms with Gasteiger partial charge in [0.15, 0.2) is 12.4 Å². The largest absolute Gasteiger partial charge is 0.457 e. The molecule has 8 heteroatoms. The third-order valence-corrected chi connectivity index (χ3v) is 12.0. The second-order valence-corrected chi connectivity index (χ2v) is 14.3. The Bertz CT molecular complexity index is 1350. The number of nitrogens with zero attached hydrogens (tertiary/aromatic N) is 2. The first-order valence-electron chi connectivity index (χ1n) is 15.9. The first-order valence-corrected chi connectivity index (χ1v) is 15.9. The van der Waals surface area contributed by atoms with E-state index in [1.165, 1.54) is 0 Å². The van der Waals surface area contributed by atoms with Gasteiger partial charge in [-0.15, -0.1) is 0 Å². The van der Waals surface area contributed by atoms with Crippen molar-refractivity contribution in [2.24, 2.45) is 34.5 Å². The number of rotatable bonds is 6. The SMILES string of the molecule is C[C@@H]1CC2C3CCC4=CC(=O)C=CC4(C)C3C(O)CC2(C)[C@@]1(O)C(=O)COC(=O)Cc1ccc(N2CCN(C)CC2)cc1. The van der Waals surface area contributed by atoms with Crippen molar-refractivity contribution in [1.29, 1.82) is 0 Å². The number of esters is 1. The molecule has 5 aliphatic rings. The molecular formula is C35H46N2O6. The average molecular weight is 591 g/mol. The fraction of sp³-hybridized carbons (Fsp3) is 0.629. The number of ketones is 2. The number of aliphatic hydroxyl groups is 2. The van der Waals surface area contributed by atoms with Gasteiger partial charge in [0.25, 0.3) is 0 Å². The summed E-state index contributed by atoms with van der Waals surface area (Å²) in [4.78, 5) is 43.3. The van der Waals surface area contributed by atoms with E-state index in [-0.39, 0.29) is 42.3 Å². The van der Waals surface area contributed by atoms with E-state index in [2.05, 4.69) is 23.8 Å². The molecule has 0 aromatic heterocycles. The number of hydrogen-bond donors (Lipinski definition) is 2. The van der Waals surface area contributed by atoms with Crippen molar-refractivity contribution < 1.29 is 29.3 Å². The molecule has 4 aliphatic carbocycles. The summed E-state index contributed by atoms with van der Waals surface area (Å²) in [5, 5.41) is 23.8. The number of carbonyl (C=O) groups is 3. The summed E-state index contributed by atoms with van der Waals surface area (Å²) < 4.78 is 5.47. The maximum absolute atomic E-state index is 13.8. The lowest BCUT2D eigenvalue weighted by atomic mass is 9.46. The Balaban J connectivity index is 1.11. The maximum atomic E-state index is 13.8. The molecule has 0 radical (unpaired) electrons. The van der Waals surface area contributed by atoms with E-state index in [0.717, 1.165) is 55.8 Å². The summed E-state index contributed by atoms with van der Waals surface area (Å²) in [7, 11) is 2.12. The van der Waals surface area contributed by atoms with Crippen LogP contribution in [0.5, 0.6) is 0 Å². The Morgan fingerprint density at radius 1 is 1.09 bits per heavy atom. The molecule has 0 spiro atoms. The quantitative estimate of drug-likeness (QED) is 0.486. The van der Waals surface area contributed by atoms with Gasteiger partial charge in [-0.05, 0) is 80.3 Å². The molecule has 0 bridgehead atoms. The maximum Gasteiger partial charge on any atom is 0.310 e. The standard InChI is InChI=1S/C35H46N2O6/c1-22-17-28-27-10-7-24-19-26(38)11-12-33(24,2)32(27)29(39)20-34(28,3)35(22,42)30(40)21-43-31(41)18-23-5-8-25(9-6-23)37-15-13-36(4)14-16-37/h5-6,8-9,11-12,19,22,27-29,32,39,42H,7,10,13-18,20-21H2,1-4H3/t22-,27?,28?,29?,32?,33?,34?,35+/m1/s1. The molecule has 1 heterocycles. The van der Waals surface area contributed by atoms with E-state index in [1.54, 1.807) is 12.2 Å². The van der Waals surface area contributed by atoms with Crippen LogP contribution >= 0.6 is 0 Å². The molecule has 8 nitrogen and oxygen atoms in total. The zero-order chi connectivity index (χ0) is 30.7. The van der Waals surface area contributed by atoms with Crippen molar-refractivity contribution in [1.82, 2.24) is 4.90 Å². The summed E-state index contributed by atoms with van der Waals surface area (Å²) in [5.41, 5.74) is 0.0514. The fourth-order valence-corrected chi connectivity index (χ4v) is 9.62. The normalized spacial score (nSPS) is 39.0. The first kappa shape index (κ1) is 30.2. The Kier molecular flexibility index (Phi) is 7.71. The van der Waals surface area contributed by atoms with Gasteiger partial charge in [0.1, 0.15) is 5.60 Å². The van der Waals surface area contributed by atoms with Gasteiger partial charge in [-0.1, -0.05) is 44.6 Å². The Labute approximate surface area is 254 Å².